The van der Waals surface area contributed by atoms with Gasteiger partial charge in [0.1, 0.15) is 0 Å². The van der Waals surface area contributed by atoms with Crippen molar-refractivity contribution in [1.82, 2.24) is 20.4 Å². The van der Waals surface area contributed by atoms with Crippen LogP contribution in [0.5, 0.6) is 0 Å². The molecule has 1 aromatic rings. The van der Waals surface area contributed by atoms with Crippen molar-refractivity contribution in [3.8, 4) is 0 Å². The molecule has 33 heavy (non-hydrogen) atoms. The number of amides is 3. The summed E-state index contributed by atoms with van der Waals surface area (Å²) >= 11 is 0. The number of carbonyl (C=O) groups excluding carboxylic acids is 3. The van der Waals surface area contributed by atoms with Crippen molar-refractivity contribution in [2.75, 3.05) is 45.9 Å². The first kappa shape index (κ1) is 23.7. The number of ether oxygens (including phenoxy) is 1. The highest BCUT2D eigenvalue weighted by molar-refractivity contribution is 5.94. The number of benzene rings is 1. The van der Waals surface area contributed by atoms with E-state index < -0.39 is 0 Å². The summed E-state index contributed by atoms with van der Waals surface area (Å²) in [6, 6.07) is 9.00. The van der Waals surface area contributed by atoms with Crippen LogP contribution in [-0.2, 0) is 14.3 Å². The van der Waals surface area contributed by atoms with Crippen molar-refractivity contribution in [2.24, 2.45) is 5.92 Å². The Labute approximate surface area is 196 Å². The zero-order chi connectivity index (χ0) is 23.0. The molecule has 3 aliphatic rings. The topological polar surface area (TPSA) is 91.0 Å². The van der Waals surface area contributed by atoms with Crippen molar-refractivity contribution in [1.29, 1.82) is 0 Å². The van der Waals surface area contributed by atoms with E-state index in [1.165, 1.54) is 0 Å². The molecule has 3 fully saturated rings. The third-order valence-corrected chi connectivity index (χ3v) is 7.01. The quantitative estimate of drug-likeness (QED) is 0.702. The lowest BCUT2D eigenvalue weighted by Crippen LogP contribution is -2.45. The highest BCUT2D eigenvalue weighted by atomic mass is 16.5. The van der Waals surface area contributed by atoms with Gasteiger partial charge in [-0.05, 0) is 50.7 Å². The Bertz CT molecular complexity index is 812. The number of nitrogens with one attached hydrogen (secondary N) is 2. The average Bonchev–Trinajstić information content (AvgIpc) is 3.35. The molecule has 0 aliphatic carbocycles. The van der Waals surface area contributed by atoms with Gasteiger partial charge in [-0.3, -0.25) is 14.4 Å². The smallest absolute Gasteiger partial charge is 0.254 e. The Hall–Kier alpha value is -2.45. The summed E-state index contributed by atoms with van der Waals surface area (Å²) in [7, 11) is 0. The fraction of sp³-hybridized carbons (Fsp3) is 0.640. The van der Waals surface area contributed by atoms with E-state index in [-0.39, 0.29) is 35.7 Å². The second kappa shape index (κ2) is 11.6. The third-order valence-electron chi connectivity index (χ3n) is 7.01. The summed E-state index contributed by atoms with van der Waals surface area (Å²) in [4.78, 5) is 43.1. The number of hydrogen-bond acceptors (Lipinski definition) is 5. The van der Waals surface area contributed by atoms with Gasteiger partial charge in [-0.1, -0.05) is 18.2 Å². The van der Waals surface area contributed by atoms with Gasteiger partial charge in [-0.25, -0.2) is 0 Å². The van der Waals surface area contributed by atoms with E-state index in [9.17, 15) is 14.4 Å². The average molecular weight is 457 g/mol. The first-order valence-corrected chi connectivity index (χ1v) is 12.4. The van der Waals surface area contributed by atoms with Gasteiger partial charge in [0, 0.05) is 63.5 Å². The molecule has 0 spiro atoms. The number of fused-ring (bicyclic) bond motifs is 2. The number of carbonyl (C=O) groups is 3. The number of hydrogen-bond donors (Lipinski definition) is 2. The van der Waals surface area contributed by atoms with Gasteiger partial charge >= 0.3 is 0 Å². The molecule has 180 valence electrons. The lowest BCUT2D eigenvalue weighted by atomic mass is 9.98. The van der Waals surface area contributed by atoms with Crippen LogP contribution >= 0.6 is 0 Å². The first-order chi connectivity index (χ1) is 16.1. The second-order valence-corrected chi connectivity index (χ2v) is 9.28. The molecule has 3 heterocycles. The Morgan fingerprint density at radius 1 is 0.970 bits per heavy atom. The Balaban J connectivity index is 1.48. The van der Waals surface area contributed by atoms with E-state index in [2.05, 4.69) is 10.6 Å². The molecule has 0 radical (unpaired) electrons. The van der Waals surface area contributed by atoms with Gasteiger partial charge in [0.25, 0.3) is 5.91 Å². The minimum atomic E-state index is -0.268. The molecule has 0 aromatic heterocycles. The Kier molecular flexibility index (Phi) is 8.34. The third kappa shape index (κ3) is 6.12. The van der Waals surface area contributed by atoms with Crippen LogP contribution in [0.4, 0.5) is 0 Å². The van der Waals surface area contributed by atoms with Crippen LogP contribution in [0.3, 0.4) is 0 Å². The maximum atomic E-state index is 13.4. The Morgan fingerprint density at radius 2 is 1.73 bits per heavy atom. The van der Waals surface area contributed by atoms with Gasteiger partial charge in [-0.15, -0.1) is 0 Å². The van der Waals surface area contributed by atoms with Gasteiger partial charge in [0.2, 0.25) is 11.8 Å². The van der Waals surface area contributed by atoms with Gasteiger partial charge in [-0.2, -0.15) is 0 Å². The van der Waals surface area contributed by atoms with E-state index in [0.29, 0.717) is 57.9 Å². The van der Waals surface area contributed by atoms with E-state index in [4.69, 9.17) is 4.74 Å². The highest BCUT2D eigenvalue weighted by Gasteiger charge is 2.35. The van der Waals surface area contributed by atoms with Crippen LogP contribution in [0.2, 0.25) is 0 Å². The molecule has 4 rings (SSSR count). The summed E-state index contributed by atoms with van der Waals surface area (Å²) in [5.41, 5.74) is 0.654. The normalized spacial score (nSPS) is 25.9. The Morgan fingerprint density at radius 3 is 2.52 bits per heavy atom. The van der Waals surface area contributed by atoms with Gasteiger partial charge in [0.15, 0.2) is 0 Å². The standard InChI is InChI=1S/C25H36N4O4/c30-23-22-17-21(18-27-22)29(25(32)19-7-2-1-3-8-19)14-6-13-28(12-5-4-11-26-23)24(31)20-9-15-33-16-10-20/h1-3,7-8,20-22,27H,4-6,9-18H2,(H,26,30)/t21-,22-/m0/s1. The van der Waals surface area contributed by atoms with E-state index in [1.54, 1.807) is 0 Å². The predicted molar refractivity (Wildman–Crippen MR) is 125 cm³/mol. The molecule has 3 aliphatic heterocycles. The summed E-state index contributed by atoms with van der Waals surface area (Å²) in [6.45, 7) is 4.38. The molecule has 1 aromatic carbocycles. The van der Waals surface area contributed by atoms with Crippen LogP contribution < -0.4 is 10.6 Å². The largest absolute Gasteiger partial charge is 0.381 e. The highest BCUT2D eigenvalue weighted by Crippen LogP contribution is 2.21. The fourth-order valence-electron chi connectivity index (χ4n) is 5.08. The van der Waals surface area contributed by atoms with Crippen molar-refractivity contribution in [3.63, 3.8) is 0 Å². The molecule has 0 saturated carbocycles. The number of rotatable bonds is 2. The molecule has 3 amide bonds. The van der Waals surface area contributed by atoms with Crippen molar-refractivity contribution in [3.05, 3.63) is 35.9 Å². The molecule has 8 nitrogen and oxygen atoms in total. The maximum Gasteiger partial charge on any atom is 0.254 e. The van der Waals surface area contributed by atoms with Crippen LogP contribution in [0, 0.1) is 5.92 Å². The molecular formula is C25H36N4O4. The van der Waals surface area contributed by atoms with Crippen LogP contribution in [0.1, 0.15) is 48.9 Å². The van der Waals surface area contributed by atoms with Crippen LogP contribution in [-0.4, -0.2) is 85.5 Å². The SMILES string of the molecule is O=C1NCCCCN(C(=O)C2CCOCC2)CCCN(C(=O)c2ccccc2)[C@@H]2CN[C@H]1C2. The van der Waals surface area contributed by atoms with Crippen molar-refractivity contribution in [2.45, 2.75) is 50.6 Å². The molecule has 2 atom stereocenters. The van der Waals surface area contributed by atoms with Gasteiger partial charge in [0.05, 0.1) is 6.04 Å². The first-order valence-electron chi connectivity index (χ1n) is 12.4. The molecule has 2 bridgehead atoms. The summed E-state index contributed by atoms with van der Waals surface area (Å²) in [5.74, 6) is 0.215. The molecule has 2 N–H and O–H groups in total. The molecule has 8 heteroatoms. The van der Waals surface area contributed by atoms with E-state index in [0.717, 1.165) is 32.1 Å². The molecule has 3 saturated heterocycles. The lowest BCUT2D eigenvalue weighted by Gasteiger charge is -2.32. The van der Waals surface area contributed by atoms with Crippen LogP contribution in [0.15, 0.2) is 30.3 Å². The number of nitrogens with zero attached hydrogens (tertiary/aromatic N) is 2. The van der Waals surface area contributed by atoms with E-state index >= 15 is 0 Å². The fourth-order valence-corrected chi connectivity index (χ4v) is 5.08. The molecular weight excluding hydrogens is 420 g/mol. The lowest BCUT2D eigenvalue weighted by molar-refractivity contribution is -0.138. The van der Waals surface area contributed by atoms with Crippen molar-refractivity contribution >= 4 is 17.7 Å². The summed E-state index contributed by atoms with van der Waals surface area (Å²) in [5, 5.41) is 6.32. The monoisotopic (exact) mass is 456 g/mol. The molecule has 0 unspecified atom stereocenters. The minimum absolute atomic E-state index is 0.00296. The zero-order valence-corrected chi connectivity index (χ0v) is 19.3. The van der Waals surface area contributed by atoms with Crippen LogP contribution in [0.25, 0.3) is 0 Å². The zero-order valence-electron chi connectivity index (χ0n) is 19.3. The van der Waals surface area contributed by atoms with Crippen molar-refractivity contribution < 1.29 is 19.1 Å². The minimum Gasteiger partial charge on any atom is -0.381 e. The summed E-state index contributed by atoms with van der Waals surface area (Å²) < 4.78 is 5.43. The predicted octanol–water partition coefficient (Wildman–Crippen LogP) is 1.41. The second-order valence-electron chi connectivity index (χ2n) is 9.28. The summed E-state index contributed by atoms with van der Waals surface area (Å²) in [6.07, 6.45) is 4.58. The van der Waals surface area contributed by atoms with Gasteiger partial charge < -0.3 is 25.2 Å². The maximum absolute atomic E-state index is 13.4. The van der Waals surface area contributed by atoms with E-state index in [1.807, 2.05) is 40.1 Å².